The van der Waals surface area contributed by atoms with Crippen LogP contribution in [0.3, 0.4) is 0 Å². The van der Waals surface area contributed by atoms with E-state index in [1.165, 1.54) is 51.5 Å². The minimum absolute atomic E-state index is 0.646. The summed E-state index contributed by atoms with van der Waals surface area (Å²) < 4.78 is 0. The van der Waals surface area contributed by atoms with Crippen LogP contribution in [0.25, 0.3) is 0 Å². The van der Waals surface area contributed by atoms with Crippen LogP contribution in [0, 0.1) is 5.92 Å². The summed E-state index contributed by atoms with van der Waals surface area (Å²) in [5.41, 5.74) is 0. The molecule has 0 aliphatic heterocycles. The van der Waals surface area contributed by atoms with Gasteiger partial charge in [-0.15, -0.1) is 0 Å². The maximum absolute atomic E-state index is 3.67. The highest BCUT2D eigenvalue weighted by molar-refractivity contribution is 4.84. The number of rotatable bonds is 15. The third kappa shape index (κ3) is 9.65. The summed E-state index contributed by atoms with van der Waals surface area (Å²) in [6.07, 6.45) is 9.30. The monoisotopic (exact) mass is 326 g/mol. The van der Waals surface area contributed by atoms with E-state index in [2.05, 4.69) is 42.0 Å². The Bertz CT molecular complexity index is 260. The van der Waals surface area contributed by atoms with Gasteiger partial charge in [0, 0.05) is 18.6 Å². The van der Waals surface area contributed by atoms with Crippen LogP contribution in [-0.2, 0) is 0 Å². The molecule has 0 bridgehead atoms. The molecule has 1 aliphatic carbocycles. The zero-order chi connectivity index (χ0) is 16.8. The van der Waals surface area contributed by atoms with Crippen molar-refractivity contribution in [1.82, 2.24) is 21.3 Å². The largest absolute Gasteiger partial charge is 0.316 e. The molecule has 1 aliphatic rings. The summed E-state index contributed by atoms with van der Waals surface area (Å²) in [6, 6.07) is 1.40. The van der Waals surface area contributed by atoms with E-state index in [1.807, 2.05) is 0 Å². The molecule has 4 nitrogen and oxygen atoms in total. The van der Waals surface area contributed by atoms with Gasteiger partial charge in [0.05, 0.1) is 0 Å². The molecule has 0 saturated heterocycles. The van der Waals surface area contributed by atoms with Crippen molar-refractivity contribution in [2.24, 2.45) is 5.92 Å². The van der Waals surface area contributed by atoms with Crippen LogP contribution in [0.4, 0.5) is 0 Å². The van der Waals surface area contributed by atoms with E-state index in [-0.39, 0.29) is 0 Å². The van der Waals surface area contributed by atoms with Gasteiger partial charge in [-0.1, -0.05) is 40.0 Å². The molecule has 1 saturated carbocycles. The number of hydrogen-bond donors (Lipinski definition) is 4. The fourth-order valence-electron chi connectivity index (χ4n) is 3.73. The molecule has 138 valence electrons. The topological polar surface area (TPSA) is 48.1 Å². The Morgan fingerprint density at radius 2 is 1.78 bits per heavy atom. The number of nitrogens with one attached hydrogen (secondary N) is 4. The summed E-state index contributed by atoms with van der Waals surface area (Å²) in [5, 5.41) is 14.5. The molecule has 1 fully saturated rings. The molecule has 0 heterocycles. The maximum atomic E-state index is 3.67. The van der Waals surface area contributed by atoms with E-state index < -0.39 is 0 Å². The average molecular weight is 327 g/mol. The fourth-order valence-corrected chi connectivity index (χ4v) is 3.73. The van der Waals surface area contributed by atoms with Crippen LogP contribution < -0.4 is 21.3 Å². The first-order valence-corrected chi connectivity index (χ1v) is 10.2. The van der Waals surface area contributed by atoms with Crippen LogP contribution in [0.2, 0.25) is 0 Å². The molecular formula is C19H42N4. The molecule has 1 rings (SSSR count). The Morgan fingerprint density at radius 3 is 2.52 bits per heavy atom. The number of unbranched alkanes of at least 4 members (excludes halogenated alkanes) is 1. The van der Waals surface area contributed by atoms with Crippen molar-refractivity contribution in [3.63, 3.8) is 0 Å². The van der Waals surface area contributed by atoms with Crippen LogP contribution in [-0.4, -0.2) is 51.4 Å². The molecule has 3 atom stereocenters. The van der Waals surface area contributed by atoms with Crippen LogP contribution in [0.1, 0.15) is 65.7 Å². The first kappa shape index (κ1) is 20.9. The summed E-state index contributed by atoms with van der Waals surface area (Å²) in [6.45, 7) is 13.4. The lowest BCUT2D eigenvalue weighted by atomic mass is 10.0. The molecule has 3 unspecified atom stereocenters. The summed E-state index contributed by atoms with van der Waals surface area (Å²) >= 11 is 0. The van der Waals surface area contributed by atoms with Gasteiger partial charge >= 0.3 is 0 Å². The molecule has 0 radical (unpaired) electrons. The van der Waals surface area contributed by atoms with Crippen molar-refractivity contribution in [2.75, 3.05) is 39.3 Å². The Kier molecular flexibility index (Phi) is 12.9. The standard InChI is InChI=1S/C19H42N4/c1-4-7-11-18(22-5-2)16-21-14-9-13-20-15-17-10-8-12-19(17)23-6-3/h17-23H,4-16H2,1-3H3. The number of likely N-dealkylation sites (N-methyl/N-ethyl adjacent to an activating group) is 1. The second-order valence-corrected chi connectivity index (χ2v) is 7.01. The first-order valence-electron chi connectivity index (χ1n) is 10.2. The maximum Gasteiger partial charge on any atom is 0.0192 e. The second kappa shape index (κ2) is 14.2. The SMILES string of the molecule is CCCCC(CNCCCNCC1CCCC1NCC)NCC. The van der Waals surface area contributed by atoms with Crippen molar-refractivity contribution >= 4 is 0 Å². The van der Waals surface area contributed by atoms with Crippen molar-refractivity contribution in [1.29, 1.82) is 0 Å². The Hall–Kier alpha value is -0.160. The molecule has 0 spiro atoms. The van der Waals surface area contributed by atoms with E-state index in [9.17, 15) is 0 Å². The van der Waals surface area contributed by atoms with E-state index in [0.29, 0.717) is 6.04 Å². The minimum Gasteiger partial charge on any atom is -0.316 e. The molecule has 0 amide bonds. The lowest BCUT2D eigenvalue weighted by Crippen LogP contribution is -2.40. The van der Waals surface area contributed by atoms with Gasteiger partial charge in [-0.25, -0.2) is 0 Å². The highest BCUT2D eigenvalue weighted by Crippen LogP contribution is 2.24. The van der Waals surface area contributed by atoms with E-state index >= 15 is 0 Å². The Balaban J connectivity index is 1.97. The van der Waals surface area contributed by atoms with E-state index in [0.717, 1.165) is 44.7 Å². The van der Waals surface area contributed by atoms with Gasteiger partial charge in [0.1, 0.15) is 0 Å². The predicted molar refractivity (Wildman–Crippen MR) is 102 cm³/mol. The first-order chi connectivity index (χ1) is 11.3. The minimum atomic E-state index is 0.646. The van der Waals surface area contributed by atoms with Crippen LogP contribution >= 0.6 is 0 Å². The lowest BCUT2D eigenvalue weighted by Gasteiger charge is -2.21. The normalized spacial score (nSPS) is 22.6. The quantitative estimate of drug-likeness (QED) is 0.349. The smallest absolute Gasteiger partial charge is 0.0192 e. The van der Waals surface area contributed by atoms with Gasteiger partial charge in [0.2, 0.25) is 0 Å². The molecule has 23 heavy (non-hydrogen) atoms. The second-order valence-electron chi connectivity index (χ2n) is 7.01. The van der Waals surface area contributed by atoms with Gasteiger partial charge in [-0.2, -0.15) is 0 Å². The third-order valence-electron chi connectivity index (χ3n) is 5.03. The summed E-state index contributed by atoms with van der Waals surface area (Å²) in [4.78, 5) is 0. The van der Waals surface area contributed by atoms with Crippen molar-refractivity contribution in [3.05, 3.63) is 0 Å². The highest BCUT2D eigenvalue weighted by Gasteiger charge is 2.25. The number of hydrogen-bond acceptors (Lipinski definition) is 4. The summed E-state index contributed by atoms with van der Waals surface area (Å²) in [7, 11) is 0. The van der Waals surface area contributed by atoms with Gasteiger partial charge < -0.3 is 21.3 Å². The molecular weight excluding hydrogens is 284 g/mol. The molecule has 4 heteroatoms. The van der Waals surface area contributed by atoms with Gasteiger partial charge in [0.15, 0.2) is 0 Å². The highest BCUT2D eigenvalue weighted by atomic mass is 15.0. The third-order valence-corrected chi connectivity index (χ3v) is 5.03. The predicted octanol–water partition coefficient (Wildman–Crippen LogP) is 2.50. The fraction of sp³-hybridized carbons (Fsp3) is 1.00. The van der Waals surface area contributed by atoms with Gasteiger partial charge in [-0.05, 0) is 64.3 Å². The molecule has 0 aromatic carbocycles. The van der Waals surface area contributed by atoms with Crippen LogP contribution in [0.15, 0.2) is 0 Å². The molecule has 4 N–H and O–H groups in total. The van der Waals surface area contributed by atoms with Crippen molar-refractivity contribution in [2.45, 2.75) is 77.8 Å². The van der Waals surface area contributed by atoms with Gasteiger partial charge in [-0.3, -0.25) is 0 Å². The van der Waals surface area contributed by atoms with E-state index in [1.54, 1.807) is 0 Å². The Morgan fingerprint density at radius 1 is 0.957 bits per heavy atom. The zero-order valence-electron chi connectivity index (χ0n) is 15.9. The van der Waals surface area contributed by atoms with Crippen molar-refractivity contribution < 1.29 is 0 Å². The van der Waals surface area contributed by atoms with Gasteiger partial charge in [0.25, 0.3) is 0 Å². The Labute approximate surface area is 145 Å². The van der Waals surface area contributed by atoms with E-state index in [4.69, 9.17) is 0 Å². The molecule has 0 aromatic heterocycles. The zero-order valence-corrected chi connectivity index (χ0v) is 15.9. The van der Waals surface area contributed by atoms with Crippen molar-refractivity contribution in [3.8, 4) is 0 Å². The molecule has 0 aromatic rings. The summed E-state index contributed by atoms with van der Waals surface area (Å²) in [5.74, 6) is 0.843. The lowest BCUT2D eigenvalue weighted by molar-refractivity contribution is 0.384. The van der Waals surface area contributed by atoms with Crippen LogP contribution in [0.5, 0.6) is 0 Å². The average Bonchev–Trinajstić information content (AvgIpc) is 2.99.